The smallest absolute Gasteiger partial charge is 0.418 e. The molecule has 0 bridgehead atoms. The van der Waals surface area contributed by atoms with Crippen LogP contribution in [0, 0.1) is 0 Å². The third-order valence-corrected chi connectivity index (χ3v) is 1.32. The molecule has 1 aromatic carbocycles. The number of carbonyl (C=O) groups is 1. The number of hydrogen-bond donors (Lipinski definition) is 1. The van der Waals surface area contributed by atoms with Gasteiger partial charge in [0.25, 0.3) is 0 Å². The number of hydrogen-bond acceptors (Lipinski definition) is 2. The molecule has 0 aliphatic rings. The van der Waals surface area contributed by atoms with Crippen LogP contribution in [0.2, 0.25) is 0 Å². The van der Waals surface area contributed by atoms with Gasteiger partial charge in [-0.1, -0.05) is 0 Å². The molecule has 1 rings (SSSR count). The second-order valence-corrected chi connectivity index (χ2v) is 2.67. The lowest BCUT2D eigenvalue weighted by molar-refractivity contribution is 0.101. The number of nitrogen functional groups attached to an aromatic ring is 1. The molecule has 1 aromatic rings. The van der Waals surface area contributed by atoms with E-state index in [1.165, 1.54) is 6.92 Å². The summed E-state index contributed by atoms with van der Waals surface area (Å²) >= 11 is 0. The van der Waals surface area contributed by atoms with Crippen LogP contribution in [0.5, 0.6) is 0 Å². The number of rotatable bonds is 1. The average Bonchev–Trinajstić information content (AvgIpc) is 2.01. The molecule has 2 N–H and O–H groups in total. The molecular weight excluding hydrogens is 213 g/mol. The Hall–Kier alpha value is -1.53. The monoisotopic (exact) mass is 223 g/mol. The fourth-order valence-corrected chi connectivity index (χ4v) is 0.718. The molecule has 0 aliphatic heterocycles. The Balaban J connectivity index is 0. The van der Waals surface area contributed by atoms with Crippen molar-refractivity contribution < 1.29 is 23.5 Å². The van der Waals surface area contributed by atoms with E-state index in [2.05, 4.69) is 0 Å². The Bertz CT molecular complexity index is 322. The summed E-state index contributed by atoms with van der Waals surface area (Å²) in [5, 5.41) is 0. The minimum Gasteiger partial charge on any atom is -0.418 e. The van der Waals surface area contributed by atoms with Crippen molar-refractivity contribution in [2.45, 2.75) is 6.92 Å². The summed E-state index contributed by atoms with van der Waals surface area (Å²) in [4.78, 5) is 10.7. The summed E-state index contributed by atoms with van der Waals surface area (Å²) in [5.74, 6) is 0.0694. The van der Waals surface area contributed by atoms with Crippen molar-refractivity contribution >= 4 is 18.7 Å². The van der Waals surface area contributed by atoms with Gasteiger partial charge in [-0.05, 0) is 31.2 Å². The summed E-state index contributed by atoms with van der Waals surface area (Å²) in [6.45, 7) is 1.53. The number of benzene rings is 1. The molecule has 0 aliphatic carbocycles. The fraction of sp³-hybridized carbons (Fsp3) is 0.125. The minimum absolute atomic E-state index is 0. The second-order valence-electron chi connectivity index (χ2n) is 2.67. The molecule has 15 heavy (non-hydrogen) atoms. The summed E-state index contributed by atoms with van der Waals surface area (Å²) in [6.07, 6.45) is 0. The van der Waals surface area contributed by atoms with Crippen LogP contribution in [-0.4, -0.2) is 13.0 Å². The van der Waals surface area contributed by atoms with Gasteiger partial charge in [-0.3, -0.25) is 4.79 Å². The molecule has 0 spiro atoms. The van der Waals surface area contributed by atoms with Crippen LogP contribution in [-0.2, 0) is 0 Å². The zero-order chi connectivity index (χ0) is 12.1. The van der Waals surface area contributed by atoms with Crippen LogP contribution in [0.1, 0.15) is 18.7 Å². The largest absolute Gasteiger partial charge is 1.00 e. The average molecular weight is 223 g/mol. The maximum Gasteiger partial charge on any atom is 1.00 e. The number of ketones is 1. The highest BCUT2D eigenvalue weighted by molar-refractivity contribution is 6.50. The number of anilines is 1. The summed E-state index contributed by atoms with van der Waals surface area (Å²) in [5.41, 5.74) is 6.80. The molecule has 7 heteroatoms. The summed E-state index contributed by atoms with van der Waals surface area (Å²) in [6, 6.07) is 6.88. The summed E-state index contributed by atoms with van der Waals surface area (Å²) < 4.78 is 39.0. The van der Waals surface area contributed by atoms with E-state index in [0.717, 1.165) is 0 Å². The Labute approximate surface area is 85.7 Å². The summed E-state index contributed by atoms with van der Waals surface area (Å²) in [7, 11) is -6.00. The van der Waals surface area contributed by atoms with E-state index < -0.39 is 7.25 Å². The Morgan fingerprint density at radius 3 is 1.80 bits per heavy atom. The fourth-order valence-electron chi connectivity index (χ4n) is 0.718. The first-order valence-corrected chi connectivity index (χ1v) is 3.94. The van der Waals surface area contributed by atoms with Gasteiger partial charge in [0.15, 0.2) is 5.78 Å². The lowest BCUT2D eigenvalue weighted by Crippen LogP contribution is -2.02. The van der Waals surface area contributed by atoms with Gasteiger partial charge < -0.3 is 23.0 Å². The Kier molecular flexibility index (Phi) is 4.83. The van der Waals surface area contributed by atoms with Gasteiger partial charge in [-0.15, -0.1) is 0 Å². The van der Waals surface area contributed by atoms with Crippen LogP contribution in [0.15, 0.2) is 24.3 Å². The quantitative estimate of drug-likeness (QED) is 0.344. The molecule has 0 amide bonds. The predicted molar refractivity (Wildman–Crippen MR) is 52.2 cm³/mol. The zero-order valence-electron chi connectivity index (χ0n) is 8.88. The topological polar surface area (TPSA) is 43.1 Å². The Morgan fingerprint density at radius 2 is 1.53 bits per heavy atom. The molecule has 0 atom stereocenters. The van der Waals surface area contributed by atoms with Gasteiger partial charge in [0.1, 0.15) is 0 Å². The zero-order valence-corrected chi connectivity index (χ0v) is 7.88. The van der Waals surface area contributed by atoms with Gasteiger partial charge in [-0.2, -0.15) is 0 Å². The van der Waals surface area contributed by atoms with E-state index in [4.69, 9.17) is 5.73 Å². The lowest BCUT2D eigenvalue weighted by Gasteiger charge is -1.94. The predicted octanol–water partition coefficient (Wildman–Crippen LogP) is 2.88. The van der Waals surface area contributed by atoms with Crippen LogP contribution >= 0.6 is 0 Å². The SMILES string of the molecule is CC(=O)c1ccc(N)cc1.F[B-](F)(F)F.[H+]. The normalized spacial score (nSPS) is 10.2. The molecule has 0 saturated carbocycles. The van der Waals surface area contributed by atoms with E-state index in [9.17, 15) is 22.1 Å². The highest BCUT2D eigenvalue weighted by atomic mass is 19.5. The molecule has 0 heterocycles. The Morgan fingerprint density at radius 1 is 1.20 bits per heavy atom. The van der Waals surface area contributed by atoms with E-state index in [-0.39, 0.29) is 7.21 Å². The molecule has 0 unspecified atom stereocenters. The first-order valence-electron chi connectivity index (χ1n) is 3.94. The van der Waals surface area contributed by atoms with Crippen molar-refractivity contribution in [2.75, 3.05) is 5.73 Å². The van der Waals surface area contributed by atoms with E-state index in [1.807, 2.05) is 0 Å². The van der Waals surface area contributed by atoms with Gasteiger partial charge >= 0.3 is 8.68 Å². The molecule has 2 nitrogen and oxygen atoms in total. The molecule has 0 radical (unpaired) electrons. The third-order valence-electron chi connectivity index (χ3n) is 1.32. The minimum atomic E-state index is -6.00. The molecular formula is C8H10BF4NO. The second kappa shape index (κ2) is 5.38. The van der Waals surface area contributed by atoms with Crippen LogP contribution < -0.4 is 5.73 Å². The highest BCUT2D eigenvalue weighted by Crippen LogP contribution is 2.06. The molecule has 0 aromatic heterocycles. The van der Waals surface area contributed by atoms with E-state index in [1.54, 1.807) is 24.3 Å². The van der Waals surface area contributed by atoms with Crippen LogP contribution in [0.3, 0.4) is 0 Å². The molecule has 84 valence electrons. The maximum atomic E-state index is 10.7. The standard InChI is InChI=1S/C8H9NO.BF4/c1-6(10)7-2-4-8(9)5-3-7;2-1(3,4)5/h2-5H,9H2,1H3;/q;-1/p+1. The van der Waals surface area contributed by atoms with Crippen molar-refractivity contribution in [3.63, 3.8) is 0 Å². The van der Waals surface area contributed by atoms with Crippen LogP contribution in [0.25, 0.3) is 0 Å². The van der Waals surface area contributed by atoms with Crippen molar-refractivity contribution in [1.29, 1.82) is 0 Å². The first kappa shape index (κ1) is 13.5. The van der Waals surface area contributed by atoms with E-state index in [0.29, 0.717) is 11.3 Å². The van der Waals surface area contributed by atoms with Crippen molar-refractivity contribution in [3.8, 4) is 0 Å². The van der Waals surface area contributed by atoms with Crippen molar-refractivity contribution in [3.05, 3.63) is 29.8 Å². The first-order chi connectivity index (χ1) is 6.70. The van der Waals surface area contributed by atoms with Gasteiger partial charge in [0, 0.05) is 11.3 Å². The highest BCUT2D eigenvalue weighted by Gasteiger charge is 2.20. The van der Waals surface area contributed by atoms with Crippen LogP contribution in [0.4, 0.5) is 23.0 Å². The van der Waals surface area contributed by atoms with Gasteiger partial charge in [0.2, 0.25) is 0 Å². The molecule has 0 fully saturated rings. The number of carbonyl (C=O) groups excluding carboxylic acids is 1. The maximum absolute atomic E-state index is 10.7. The number of Topliss-reactive ketones (excluding diaryl/α,β-unsaturated/α-hetero) is 1. The van der Waals surface area contributed by atoms with Gasteiger partial charge in [0.05, 0.1) is 0 Å². The number of halogens is 4. The third kappa shape index (κ3) is 8.80. The van der Waals surface area contributed by atoms with E-state index >= 15 is 0 Å². The molecule has 0 saturated heterocycles. The lowest BCUT2D eigenvalue weighted by atomic mass is 10.1. The van der Waals surface area contributed by atoms with Crippen molar-refractivity contribution in [2.24, 2.45) is 0 Å². The van der Waals surface area contributed by atoms with Gasteiger partial charge in [-0.25, -0.2) is 0 Å². The van der Waals surface area contributed by atoms with Crippen molar-refractivity contribution in [1.82, 2.24) is 0 Å². The number of nitrogens with two attached hydrogens (primary N) is 1.